The van der Waals surface area contributed by atoms with E-state index in [4.69, 9.17) is 0 Å². The molecule has 1 aliphatic carbocycles. The van der Waals surface area contributed by atoms with Gasteiger partial charge in [0.25, 0.3) is 11.5 Å². The van der Waals surface area contributed by atoms with Crippen molar-refractivity contribution in [2.45, 2.75) is 58.0 Å². The lowest BCUT2D eigenvalue weighted by Crippen LogP contribution is -2.34. The number of amides is 2. The third-order valence-corrected chi connectivity index (χ3v) is 5.07. The molecule has 1 heterocycles. The molecule has 0 unspecified atom stereocenters. The topological polar surface area (TPSA) is 80.2 Å². The normalized spacial score (nSPS) is 14.9. The molecule has 1 aliphatic rings. The molecule has 0 atom stereocenters. The highest BCUT2D eigenvalue weighted by Crippen LogP contribution is 2.18. The average molecular weight is 381 g/mol. The van der Waals surface area contributed by atoms with Crippen LogP contribution in [0.5, 0.6) is 0 Å². The number of rotatable bonds is 5. The van der Waals surface area contributed by atoms with Gasteiger partial charge in [-0.1, -0.05) is 31.7 Å². The summed E-state index contributed by atoms with van der Waals surface area (Å²) < 4.78 is 1.37. The van der Waals surface area contributed by atoms with Gasteiger partial charge in [0.15, 0.2) is 0 Å². The van der Waals surface area contributed by atoms with Crippen molar-refractivity contribution in [3.8, 4) is 0 Å². The largest absolute Gasteiger partial charge is 0.349 e. The van der Waals surface area contributed by atoms with E-state index in [1.165, 1.54) is 36.3 Å². The quantitative estimate of drug-likeness (QED) is 0.780. The monoisotopic (exact) mass is 381 g/mol. The Labute approximate surface area is 165 Å². The first-order valence-electron chi connectivity index (χ1n) is 9.89. The zero-order valence-electron chi connectivity index (χ0n) is 16.2. The SMILES string of the molecule is Cc1ccc(=O)n(CC(=O)Nc2ccc(C(=O)NC3CCCCCC3)cc2)c1. The maximum atomic E-state index is 12.4. The summed E-state index contributed by atoms with van der Waals surface area (Å²) in [5.74, 6) is -0.362. The van der Waals surface area contributed by atoms with Crippen LogP contribution in [0, 0.1) is 6.92 Å². The number of nitrogens with one attached hydrogen (secondary N) is 2. The molecule has 28 heavy (non-hydrogen) atoms. The fourth-order valence-electron chi connectivity index (χ4n) is 3.53. The third-order valence-electron chi connectivity index (χ3n) is 5.07. The van der Waals surface area contributed by atoms with Crippen molar-refractivity contribution in [2.75, 3.05) is 5.32 Å². The van der Waals surface area contributed by atoms with Gasteiger partial charge in [0, 0.05) is 29.6 Å². The number of carbonyl (C=O) groups is 2. The van der Waals surface area contributed by atoms with Gasteiger partial charge in [-0.25, -0.2) is 0 Å². The minimum atomic E-state index is -0.289. The van der Waals surface area contributed by atoms with Gasteiger partial charge < -0.3 is 15.2 Å². The van der Waals surface area contributed by atoms with Crippen LogP contribution in [-0.4, -0.2) is 22.4 Å². The highest BCUT2D eigenvalue weighted by atomic mass is 16.2. The fraction of sp³-hybridized carbons (Fsp3) is 0.409. The van der Waals surface area contributed by atoms with Crippen molar-refractivity contribution < 1.29 is 9.59 Å². The van der Waals surface area contributed by atoms with Crippen LogP contribution in [0.2, 0.25) is 0 Å². The number of aryl methyl sites for hydroxylation is 1. The predicted molar refractivity (Wildman–Crippen MR) is 109 cm³/mol. The smallest absolute Gasteiger partial charge is 0.251 e. The number of nitrogens with zero attached hydrogens (tertiary/aromatic N) is 1. The van der Waals surface area contributed by atoms with Gasteiger partial charge in [-0.05, 0) is 49.6 Å². The average Bonchev–Trinajstić information content (AvgIpc) is 2.94. The lowest BCUT2D eigenvalue weighted by molar-refractivity contribution is -0.116. The second-order valence-electron chi connectivity index (χ2n) is 7.46. The Hall–Kier alpha value is -2.89. The van der Waals surface area contributed by atoms with Crippen LogP contribution in [0.25, 0.3) is 0 Å². The van der Waals surface area contributed by atoms with Gasteiger partial charge >= 0.3 is 0 Å². The van der Waals surface area contributed by atoms with Gasteiger partial charge in [0.05, 0.1) is 0 Å². The lowest BCUT2D eigenvalue weighted by Gasteiger charge is -2.16. The Kier molecular flexibility index (Phi) is 6.63. The van der Waals surface area contributed by atoms with Crippen LogP contribution in [0.3, 0.4) is 0 Å². The van der Waals surface area contributed by atoms with Crippen LogP contribution in [0.4, 0.5) is 5.69 Å². The number of aromatic nitrogens is 1. The molecule has 6 nitrogen and oxygen atoms in total. The Balaban J connectivity index is 1.56. The summed E-state index contributed by atoms with van der Waals surface area (Å²) in [7, 11) is 0. The van der Waals surface area contributed by atoms with E-state index >= 15 is 0 Å². The summed E-state index contributed by atoms with van der Waals surface area (Å²) in [6.07, 6.45) is 8.56. The molecule has 0 saturated heterocycles. The van der Waals surface area contributed by atoms with E-state index in [-0.39, 0.29) is 30.0 Å². The number of hydrogen-bond donors (Lipinski definition) is 2. The summed E-state index contributed by atoms with van der Waals surface area (Å²) in [5.41, 5.74) is 1.87. The van der Waals surface area contributed by atoms with E-state index < -0.39 is 0 Å². The van der Waals surface area contributed by atoms with Crippen molar-refractivity contribution in [3.05, 3.63) is 64.1 Å². The maximum absolute atomic E-state index is 12.4. The minimum Gasteiger partial charge on any atom is -0.349 e. The summed E-state index contributed by atoms with van der Waals surface area (Å²) in [5, 5.41) is 5.88. The van der Waals surface area contributed by atoms with Gasteiger partial charge in [0.2, 0.25) is 5.91 Å². The zero-order chi connectivity index (χ0) is 19.9. The van der Waals surface area contributed by atoms with E-state index in [9.17, 15) is 14.4 Å². The first-order valence-corrected chi connectivity index (χ1v) is 9.89. The Bertz CT molecular complexity index is 879. The van der Waals surface area contributed by atoms with E-state index in [1.54, 1.807) is 36.5 Å². The van der Waals surface area contributed by atoms with E-state index in [2.05, 4.69) is 10.6 Å². The maximum Gasteiger partial charge on any atom is 0.251 e. The molecule has 2 aromatic rings. The molecule has 3 rings (SSSR count). The summed E-state index contributed by atoms with van der Waals surface area (Å²) in [6.45, 7) is 1.82. The number of hydrogen-bond acceptors (Lipinski definition) is 3. The van der Waals surface area contributed by atoms with Crippen molar-refractivity contribution >= 4 is 17.5 Å². The van der Waals surface area contributed by atoms with Crippen LogP contribution < -0.4 is 16.2 Å². The van der Waals surface area contributed by atoms with Gasteiger partial charge in [-0.2, -0.15) is 0 Å². The number of carbonyl (C=O) groups excluding carboxylic acids is 2. The summed E-state index contributed by atoms with van der Waals surface area (Å²) >= 11 is 0. The van der Waals surface area contributed by atoms with E-state index in [0.29, 0.717) is 11.3 Å². The first-order chi connectivity index (χ1) is 13.5. The van der Waals surface area contributed by atoms with Crippen molar-refractivity contribution in [1.29, 1.82) is 0 Å². The molecule has 0 bridgehead atoms. The highest BCUT2D eigenvalue weighted by Gasteiger charge is 2.15. The molecule has 1 aromatic heterocycles. The van der Waals surface area contributed by atoms with Crippen LogP contribution in [-0.2, 0) is 11.3 Å². The number of pyridine rings is 1. The lowest BCUT2D eigenvalue weighted by atomic mass is 10.1. The molecular formula is C22H27N3O3. The highest BCUT2D eigenvalue weighted by molar-refractivity contribution is 5.95. The van der Waals surface area contributed by atoms with Crippen LogP contribution in [0.1, 0.15) is 54.4 Å². The second kappa shape index (κ2) is 9.35. The molecule has 0 aliphatic heterocycles. The Morgan fingerprint density at radius 3 is 2.36 bits per heavy atom. The van der Waals surface area contributed by atoms with Gasteiger partial charge in [0.1, 0.15) is 6.54 Å². The molecule has 0 spiro atoms. The molecule has 0 radical (unpaired) electrons. The second-order valence-corrected chi connectivity index (χ2v) is 7.46. The Morgan fingerprint density at radius 1 is 1.00 bits per heavy atom. The molecular weight excluding hydrogens is 354 g/mol. The molecule has 1 saturated carbocycles. The number of anilines is 1. The standard InChI is InChI=1S/C22H27N3O3/c1-16-8-13-21(27)25(14-16)15-20(26)23-19-11-9-17(10-12-19)22(28)24-18-6-4-2-3-5-7-18/h8-14,18H,2-7,15H2,1H3,(H,23,26)(H,24,28). The van der Waals surface area contributed by atoms with Gasteiger partial charge in [-0.3, -0.25) is 14.4 Å². The molecule has 6 heteroatoms. The predicted octanol–water partition coefficient (Wildman–Crippen LogP) is 3.25. The van der Waals surface area contributed by atoms with Crippen molar-refractivity contribution in [1.82, 2.24) is 9.88 Å². The fourth-order valence-corrected chi connectivity index (χ4v) is 3.53. The molecule has 148 valence electrons. The minimum absolute atomic E-state index is 0.0512. The van der Waals surface area contributed by atoms with Crippen molar-refractivity contribution in [2.24, 2.45) is 0 Å². The van der Waals surface area contributed by atoms with Gasteiger partial charge in [-0.15, -0.1) is 0 Å². The molecule has 1 aromatic carbocycles. The summed E-state index contributed by atoms with van der Waals surface area (Å²) in [6, 6.07) is 10.3. The Morgan fingerprint density at radius 2 is 1.68 bits per heavy atom. The van der Waals surface area contributed by atoms with E-state index in [0.717, 1.165) is 18.4 Å². The molecule has 1 fully saturated rings. The number of benzene rings is 1. The van der Waals surface area contributed by atoms with Crippen LogP contribution in [0.15, 0.2) is 47.4 Å². The molecule has 2 amide bonds. The zero-order valence-corrected chi connectivity index (χ0v) is 16.2. The molecule has 2 N–H and O–H groups in total. The van der Waals surface area contributed by atoms with Crippen LogP contribution >= 0.6 is 0 Å². The summed E-state index contributed by atoms with van der Waals surface area (Å²) in [4.78, 5) is 36.4. The third kappa shape index (κ3) is 5.55. The van der Waals surface area contributed by atoms with Crippen molar-refractivity contribution in [3.63, 3.8) is 0 Å². The van der Waals surface area contributed by atoms with E-state index in [1.807, 2.05) is 6.92 Å². The first kappa shape index (κ1) is 19.9.